The SMILES string of the molecule is COc1cccc2c1CCC1CC(=O)CC[C@@]21C. The first-order chi connectivity index (χ1) is 8.65. The topological polar surface area (TPSA) is 26.3 Å². The molecule has 0 N–H and O–H groups in total. The molecule has 0 heterocycles. The van der Waals surface area contributed by atoms with Crippen molar-refractivity contribution in [3.05, 3.63) is 29.3 Å². The molecule has 0 aromatic heterocycles. The molecule has 18 heavy (non-hydrogen) atoms. The molecule has 2 aliphatic carbocycles. The van der Waals surface area contributed by atoms with Crippen LogP contribution < -0.4 is 4.74 Å². The van der Waals surface area contributed by atoms with Crippen molar-refractivity contribution in [2.75, 3.05) is 7.11 Å². The first kappa shape index (κ1) is 11.8. The highest BCUT2D eigenvalue weighted by molar-refractivity contribution is 5.80. The number of methoxy groups -OCH3 is 1. The quantitative estimate of drug-likeness (QED) is 0.758. The van der Waals surface area contributed by atoms with Crippen LogP contribution in [0.25, 0.3) is 0 Å². The number of ether oxygens (including phenoxy) is 1. The van der Waals surface area contributed by atoms with Gasteiger partial charge in [-0.25, -0.2) is 0 Å². The molecule has 0 bridgehead atoms. The van der Waals surface area contributed by atoms with Gasteiger partial charge < -0.3 is 4.74 Å². The van der Waals surface area contributed by atoms with E-state index in [-0.39, 0.29) is 5.41 Å². The number of carbonyl (C=O) groups is 1. The van der Waals surface area contributed by atoms with E-state index in [9.17, 15) is 4.79 Å². The number of Topliss-reactive ketones (excluding diaryl/α,β-unsaturated/α-hetero) is 1. The monoisotopic (exact) mass is 244 g/mol. The Labute approximate surface area is 108 Å². The summed E-state index contributed by atoms with van der Waals surface area (Å²) >= 11 is 0. The zero-order chi connectivity index (χ0) is 12.8. The number of hydrogen-bond donors (Lipinski definition) is 0. The molecular formula is C16H20O2. The molecule has 0 radical (unpaired) electrons. The Kier molecular flexibility index (Phi) is 2.69. The third kappa shape index (κ3) is 1.58. The van der Waals surface area contributed by atoms with Gasteiger partial charge in [0.25, 0.3) is 0 Å². The molecule has 0 amide bonds. The molecule has 96 valence electrons. The second-order valence-electron chi connectivity index (χ2n) is 5.88. The van der Waals surface area contributed by atoms with Crippen molar-refractivity contribution in [3.63, 3.8) is 0 Å². The molecule has 3 rings (SSSR count). The molecule has 0 aliphatic heterocycles. The summed E-state index contributed by atoms with van der Waals surface area (Å²) in [6.45, 7) is 2.33. The van der Waals surface area contributed by atoms with E-state index in [0.29, 0.717) is 11.7 Å². The fraction of sp³-hybridized carbons (Fsp3) is 0.562. The minimum Gasteiger partial charge on any atom is -0.496 e. The zero-order valence-corrected chi connectivity index (χ0v) is 11.2. The van der Waals surface area contributed by atoms with Crippen molar-refractivity contribution in [1.29, 1.82) is 0 Å². The summed E-state index contributed by atoms with van der Waals surface area (Å²) in [6, 6.07) is 6.37. The van der Waals surface area contributed by atoms with E-state index in [1.54, 1.807) is 7.11 Å². The van der Waals surface area contributed by atoms with Gasteiger partial charge in [-0.15, -0.1) is 0 Å². The fourth-order valence-corrected chi connectivity index (χ4v) is 3.85. The van der Waals surface area contributed by atoms with Gasteiger partial charge in [0.2, 0.25) is 0 Å². The summed E-state index contributed by atoms with van der Waals surface area (Å²) in [7, 11) is 1.74. The smallest absolute Gasteiger partial charge is 0.133 e. The maximum atomic E-state index is 11.7. The van der Waals surface area contributed by atoms with Crippen molar-refractivity contribution in [2.45, 2.75) is 44.4 Å². The van der Waals surface area contributed by atoms with E-state index in [4.69, 9.17) is 4.74 Å². The summed E-state index contributed by atoms with van der Waals surface area (Å²) in [4.78, 5) is 11.7. The second kappa shape index (κ2) is 4.11. The average Bonchev–Trinajstić information content (AvgIpc) is 2.39. The van der Waals surface area contributed by atoms with Gasteiger partial charge in [-0.05, 0) is 47.8 Å². The van der Waals surface area contributed by atoms with E-state index in [1.165, 1.54) is 11.1 Å². The average molecular weight is 244 g/mol. The Morgan fingerprint density at radius 3 is 2.94 bits per heavy atom. The lowest BCUT2D eigenvalue weighted by Gasteiger charge is -2.46. The van der Waals surface area contributed by atoms with Gasteiger partial charge in [0.15, 0.2) is 0 Å². The Morgan fingerprint density at radius 2 is 2.17 bits per heavy atom. The second-order valence-corrected chi connectivity index (χ2v) is 5.88. The molecule has 0 spiro atoms. The van der Waals surface area contributed by atoms with Crippen LogP contribution in [-0.4, -0.2) is 12.9 Å². The molecule has 1 saturated carbocycles. The van der Waals surface area contributed by atoms with E-state index in [0.717, 1.165) is 37.9 Å². The van der Waals surface area contributed by atoms with Gasteiger partial charge in [0.05, 0.1) is 7.11 Å². The molecule has 1 fully saturated rings. The number of hydrogen-bond acceptors (Lipinski definition) is 2. The summed E-state index contributed by atoms with van der Waals surface area (Å²) in [5.74, 6) is 1.99. The molecule has 2 aliphatic rings. The third-order valence-corrected chi connectivity index (χ3v) is 5.01. The van der Waals surface area contributed by atoms with Crippen LogP contribution >= 0.6 is 0 Å². The van der Waals surface area contributed by atoms with E-state index in [1.807, 2.05) is 0 Å². The molecular weight excluding hydrogens is 224 g/mol. The lowest BCUT2D eigenvalue weighted by molar-refractivity contribution is -0.123. The molecule has 0 saturated heterocycles. The van der Waals surface area contributed by atoms with Crippen molar-refractivity contribution in [1.82, 2.24) is 0 Å². The lowest BCUT2D eigenvalue weighted by Crippen LogP contribution is -2.41. The van der Waals surface area contributed by atoms with E-state index >= 15 is 0 Å². The van der Waals surface area contributed by atoms with Crippen LogP contribution in [0.2, 0.25) is 0 Å². The number of benzene rings is 1. The van der Waals surface area contributed by atoms with Crippen molar-refractivity contribution >= 4 is 5.78 Å². The third-order valence-electron chi connectivity index (χ3n) is 5.01. The minimum absolute atomic E-state index is 0.177. The Hall–Kier alpha value is -1.31. The first-order valence-electron chi connectivity index (χ1n) is 6.83. The molecule has 1 aromatic rings. The van der Waals surface area contributed by atoms with E-state index < -0.39 is 0 Å². The van der Waals surface area contributed by atoms with Gasteiger partial charge in [-0.3, -0.25) is 4.79 Å². The summed E-state index contributed by atoms with van der Waals surface area (Å²) in [5.41, 5.74) is 2.97. The molecule has 2 atom stereocenters. The number of fused-ring (bicyclic) bond motifs is 3. The van der Waals surface area contributed by atoms with Gasteiger partial charge in [0, 0.05) is 12.8 Å². The standard InChI is InChI=1S/C16H20O2/c1-16-9-8-12(17)10-11(16)6-7-13-14(16)4-3-5-15(13)18-2/h3-5,11H,6-10H2,1-2H3/t11?,16-/m1/s1. The Balaban J connectivity index is 2.09. The van der Waals surface area contributed by atoms with Crippen LogP contribution in [0.5, 0.6) is 5.75 Å². The van der Waals surface area contributed by atoms with Gasteiger partial charge in [-0.2, -0.15) is 0 Å². The van der Waals surface area contributed by atoms with Crippen LogP contribution in [-0.2, 0) is 16.6 Å². The predicted molar refractivity (Wildman–Crippen MR) is 71.0 cm³/mol. The highest BCUT2D eigenvalue weighted by Gasteiger charge is 2.44. The van der Waals surface area contributed by atoms with Crippen LogP contribution in [0.15, 0.2) is 18.2 Å². The Bertz CT molecular complexity index is 492. The largest absolute Gasteiger partial charge is 0.496 e. The maximum Gasteiger partial charge on any atom is 0.133 e. The van der Waals surface area contributed by atoms with Gasteiger partial charge >= 0.3 is 0 Å². The predicted octanol–water partition coefficient (Wildman–Crippen LogP) is 3.27. The van der Waals surface area contributed by atoms with Crippen LogP contribution in [0.3, 0.4) is 0 Å². The van der Waals surface area contributed by atoms with Crippen molar-refractivity contribution in [3.8, 4) is 5.75 Å². The number of rotatable bonds is 1. The summed E-state index contributed by atoms with van der Waals surface area (Å²) in [5, 5.41) is 0. The molecule has 1 unspecified atom stereocenters. The highest BCUT2D eigenvalue weighted by Crippen LogP contribution is 2.50. The fourth-order valence-electron chi connectivity index (χ4n) is 3.85. The van der Waals surface area contributed by atoms with Crippen LogP contribution in [0.1, 0.15) is 43.7 Å². The number of carbonyl (C=O) groups excluding carboxylic acids is 1. The minimum atomic E-state index is 0.177. The van der Waals surface area contributed by atoms with Crippen LogP contribution in [0.4, 0.5) is 0 Å². The van der Waals surface area contributed by atoms with Crippen molar-refractivity contribution in [2.24, 2.45) is 5.92 Å². The zero-order valence-electron chi connectivity index (χ0n) is 11.2. The maximum absolute atomic E-state index is 11.7. The lowest BCUT2D eigenvalue weighted by atomic mass is 9.58. The molecule has 2 heteroatoms. The van der Waals surface area contributed by atoms with E-state index in [2.05, 4.69) is 25.1 Å². The highest BCUT2D eigenvalue weighted by atomic mass is 16.5. The molecule has 1 aromatic carbocycles. The number of ketones is 1. The Morgan fingerprint density at radius 1 is 1.33 bits per heavy atom. The van der Waals surface area contributed by atoms with Gasteiger partial charge in [-0.1, -0.05) is 19.1 Å². The molecule has 2 nitrogen and oxygen atoms in total. The normalized spacial score (nSPS) is 30.6. The van der Waals surface area contributed by atoms with Crippen molar-refractivity contribution < 1.29 is 9.53 Å². The first-order valence-corrected chi connectivity index (χ1v) is 6.83. The van der Waals surface area contributed by atoms with Crippen LogP contribution in [0, 0.1) is 5.92 Å². The summed E-state index contributed by atoms with van der Waals surface area (Å²) in [6.07, 6.45) is 4.68. The van der Waals surface area contributed by atoms with Gasteiger partial charge in [0.1, 0.15) is 11.5 Å². The summed E-state index contributed by atoms with van der Waals surface area (Å²) < 4.78 is 5.49.